The van der Waals surface area contributed by atoms with Crippen molar-refractivity contribution in [3.63, 3.8) is 0 Å². The predicted molar refractivity (Wildman–Crippen MR) is 54.9 cm³/mol. The third kappa shape index (κ3) is 2.02. The Morgan fingerprint density at radius 2 is 2.40 bits per heavy atom. The second kappa shape index (κ2) is 4.02. The molecule has 2 rings (SSSR count). The molecule has 2 radical (unpaired) electrons. The fourth-order valence-electron chi connectivity index (χ4n) is 1.45. The van der Waals surface area contributed by atoms with Gasteiger partial charge in [0, 0.05) is 12.0 Å². The fraction of sp³-hybridized carbons (Fsp3) is 0.300. The van der Waals surface area contributed by atoms with E-state index in [0.29, 0.717) is 23.2 Å². The lowest BCUT2D eigenvalue weighted by Gasteiger charge is -2.03. The second-order valence-electron chi connectivity index (χ2n) is 3.39. The first-order chi connectivity index (χ1) is 7.20. The van der Waals surface area contributed by atoms with Gasteiger partial charge in [-0.3, -0.25) is 0 Å². The van der Waals surface area contributed by atoms with Crippen LogP contribution in [0.3, 0.4) is 0 Å². The van der Waals surface area contributed by atoms with Crippen LogP contribution in [0.2, 0.25) is 0 Å². The standard InChI is InChI=1S/C10H9BFNO2/c11-6-1-2-8(9(12)3-6)10-4-7(5-14)15-13-10/h1-3,7,14H,4-5H2. The molecule has 15 heavy (non-hydrogen) atoms. The summed E-state index contributed by atoms with van der Waals surface area (Å²) >= 11 is 0. The first-order valence-corrected chi connectivity index (χ1v) is 4.59. The molecule has 1 unspecified atom stereocenters. The van der Waals surface area contributed by atoms with E-state index in [4.69, 9.17) is 17.8 Å². The molecule has 0 aromatic heterocycles. The van der Waals surface area contributed by atoms with Gasteiger partial charge in [0.05, 0.1) is 12.3 Å². The van der Waals surface area contributed by atoms with Crippen LogP contribution in [0.4, 0.5) is 4.39 Å². The van der Waals surface area contributed by atoms with Gasteiger partial charge in [-0.15, -0.1) is 0 Å². The van der Waals surface area contributed by atoms with E-state index in [1.54, 1.807) is 12.1 Å². The average molecular weight is 205 g/mol. The summed E-state index contributed by atoms with van der Waals surface area (Å²) in [5.74, 6) is -0.420. The monoisotopic (exact) mass is 205 g/mol. The summed E-state index contributed by atoms with van der Waals surface area (Å²) in [7, 11) is 5.43. The lowest BCUT2D eigenvalue weighted by Crippen LogP contribution is -2.14. The summed E-state index contributed by atoms with van der Waals surface area (Å²) in [6, 6.07) is 4.41. The molecule has 0 amide bonds. The average Bonchev–Trinajstić information content (AvgIpc) is 2.66. The van der Waals surface area contributed by atoms with Crippen molar-refractivity contribution in [1.82, 2.24) is 0 Å². The second-order valence-corrected chi connectivity index (χ2v) is 3.39. The van der Waals surface area contributed by atoms with Gasteiger partial charge in [0.1, 0.15) is 13.7 Å². The SMILES string of the molecule is [B]c1ccc(C2=NOC(CO)C2)c(F)c1. The molecule has 1 N–H and O–H groups in total. The number of rotatable bonds is 2. The van der Waals surface area contributed by atoms with E-state index in [2.05, 4.69) is 5.16 Å². The molecule has 0 saturated carbocycles. The molecule has 1 atom stereocenters. The van der Waals surface area contributed by atoms with Crippen LogP contribution in [0.1, 0.15) is 12.0 Å². The third-order valence-electron chi connectivity index (χ3n) is 2.24. The molecular weight excluding hydrogens is 196 g/mol. The Kier molecular flexibility index (Phi) is 2.73. The van der Waals surface area contributed by atoms with Gasteiger partial charge in [-0.05, 0) is 6.07 Å². The maximum absolute atomic E-state index is 13.5. The van der Waals surface area contributed by atoms with Crippen molar-refractivity contribution >= 4 is 19.0 Å². The minimum absolute atomic E-state index is 0.121. The molecule has 0 aliphatic carbocycles. The number of hydrogen-bond donors (Lipinski definition) is 1. The molecule has 0 saturated heterocycles. The van der Waals surface area contributed by atoms with Crippen LogP contribution in [-0.4, -0.2) is 31.4 Å². The van der Waals surface area contributed by atoms with Crippen molar-refractivity contribution < 1.29 is 14.3 Å². The first kappa shape index (κ1) is 10.2. The number of benzene rings is 1. The van der Waals surface area contributed by atoms with Crippen molar-refractivity contribution in [1.29, 1.82) is 0 Å². The maximum Gasteiger partial charge on any atom is 0.156 e. The van der Waals surface area contributed by atoms with Gasteiger partial charge in [-0.25, -0.2) is 4.39 Å². The highest BCUT2D eigenvalue weighted by Crippen LogP contribution is 2.17. The molecule has 1 aromatic carbocycles. The number of hydrogen-bond acceptors (Lipinski definition) is 3. The highest BCUT2D eigenvalue weighted by Gasteiger charge is 2.23. The van der Waals surface area contributed by atoms with Gasteiger partial charge < -0.3 is 9.94 Å². The van der Waals surface area contributed by atoms with Gasteiger partial charge in [-0.1, -0.05) is 22.8 Å². The number of aliphatic hydroxyl groups excluding tert-OH is 1. The number of nitrogens with zero attached hydrogens (tertiary/aromatic N) is 1. The minimum Gasteiger partial charge on any atom is -0.392 e. The first-order valence-electron chi connectivity index (χ1n) is 4.59. The Bertz CT molecular complexity index is 408. The largest absolute Gasteiger partial charge is 0.392 e. The summed E-state index contributed by atoms with van der Waals surface area (Å²) in [4.78, 5) is 4.89. The molecule has 76 valence electrons. The van der Waals surface area contributed by atoms with Crippen molar-refractivity contribution in [3.8, 4) is 0 Å². The molecule has 0 fully saturated rings. The Hall–Kier alpha value is -1.36. The number of oxime groups is 1. The number of aliphatic hydroxyl groups is 1. The molecule has 3 nitrogen and oxygen atoms in total. The van der Waals surface area contributed by atoms with Crippen LogP contribution in [0.5, 0.6) is 0 Å². The van der Waals surface area contributed by atoms with Gasteiger partial charge in [-0.2, -0.15) is 0 Å². The molecule has 1 heterocycles. The zero-order valence-corrected chi connectivity index (χ0v) is 7.98. The minimum atomic E-state index is -0.420. The number of halogens is 1. The molecule has 1 aromatic rings. The molecule has 0 bridgehead atoms. The molecule has 0 spiro atoms. The van der Waals surface area contributed by atoms with Crippen LogP contribution in [0, 0.1) is 5.82 Å². The zero-order chi connectivity index (χ0) is 10.8. The Morgan fingerprint density at radius 1 is 1.60 bits per heavy atom. The fourth-order valence-corrected chi connectivity index (χ4v) is 1.45. The van der Waals surface area contributed by atoms with Gasteiger partial charge in [0.25, 0.3) is 0 Å². The van der Waals surface area contributed by atoms with E-state index in [1.807, 2.05) is 0 Å². The smallest absolute Gasteiger partial charge is 0.156 e. The Labute approximate surface area is 88.0 Å². The molecular formula is C10H9BFNO2. The van der Waals surface area contributed by atoms with Gasteiger partial charge in [0.2, 0.25) is 0 Å². The maximum atomic E-state index is 13.5. The van der Waals surface area contributed by atoms with E-state index in [1.165, 1.54) is 6.07 Å². The summed E-state index contributed by atoms with van der Waals surface area (Å²) < 4.78 is 13.5. The van der Waals surface area contributed by atoms with Crippen molar-refractivity contribution in [2.45, 2.75) is 12.5 Å². The topological polar surface area (TPSA) is 41.8 Å². The molecule has 5 heteroatoms. The van der Waals surface area contributed by atoms with E-state index in [0.717, 1.165) is 0 Å². The van der Waals surface area contributed by atoms with Crippen molar-refractivity contribution in [3.05, 3.63) is 29.6 Å². The highest BCUT2D eigenvalue weighted by molar-refractivity contribution is 6.32. The van der Waals surface area contributed by atoms with Crippen LogP contribution < -0.4 is 5.46 Å². The Balaban J connectivity index is 2.24. The van der Waals surface area contributed by atoms with Crippen molar-refractivity contribution in [2.24, 2.45) is 5.16 Å². The molecule has 1 aliphatic rings. The Morgan fingerprint density at radius 3 is 3.00 bits per heavy atom. The lowest BCUT2D eigenvalue weighted by molar-refractivity contribution is 0.0390. The van der Waals surface area contributed by atoms with E-state index >= 15 is 0 Å². The van der Waals surface area contributed by atoms with Crippen LogP contribution in [0.25, 0.3) is 0 Å². The quantitative estimate of drug-likeness (QED) is 0.696. The van der Waals surface area contributed by atoms with E-state index in [-0.39, 0.29) is 12.7 Å². The summed E-state index contributed by atoms with van der Waals surface area (Å²) in [6.45, 7) is -0.121. The summed E-state index contributed by atoms with van der Waals surface area (Å²) in [6.07, 6.45) is 0.0501. The normalized spacial score (nSPS) is 19.9. The molecule has 1 aliphatic heterocycles. The zero-order valence-electron chi connectivity index (χ0n) is 7.98. The van der Waals surface area contributed by atoms with Crippen molar-refractivity contribution in [2.75, 3.05) is 6.61 Å². The van der Waals surface area contributed by atoms with Crippen LogP contribution in [0.15, 0.2) is 23.4 Å². The van der Waals surface area contributed by atoms with E-state index in [9.17, 15) is 4.39 Å². The lowest BCUT2D eigenvalue weighted by atomic mass is 9.93. The van der Waals surface area contributed by atoms with Gasteiger partial charge in [0.15, 0.2) is 6.10 Å². The van der Waals surface area contributed by atoms with Crippen LogP contribution >= 0.6 is 0 Å². The summed E-state index contributed by atoms with van der Waals surface area (Å²) in [5, 5.41) is 12.6. The summed E-state index contributed by atoms with van der Waals surface area (Å²) in [5.41, 5.74) is 1.25. The van der Waals surface area contributed by atoms with Gasteiger partial charge >= 0.3 is 0 Å². The third-order valence-corrected chi connectivity index (χ3v) is 2.24. The van der Waals surface area contributed by atoms with E-state index < -0.39 is 5.82 Å². The highest BCUT2D eigenvalue weighted by atomic mass is 19.1. The predicted octanol–water partition coefficient (Wildman–Crippen LogP) is 0.105. The van der Waals surface area contributed by atoms with Crippen LogP contribution in [-0.2, 0) is 4.84 Å².